The number of nitrogens with two attached hydrogens (primary N) is 1. The summed E-state index contributed by atoms with van der Waals surface area (Å²) >= 11 is 0. The SMILES string of the molecule is CC(C)=CCC[C@]1(C)C=Cc2c(O)c3c(c(CC=C(C)C)c2O1)O[C@]12C(=C[C@@H]4CC1C(C)(C)O[C@@]2(C/C=C(/C)C(N)=O)C4=O)C3=O. The standard InChI is InChI=1S/C38H45NO7/c1-20(2)10-9-15-36(8)16-14-24-29(40)28-30(41)26-18-23-19-27-35(6,7)46-37(33(23)42,17-13-22(5)34(39)43)38(26,27)45-32(28)25(31(24)44-36)12-11-21(3)4/h10-11,13-14,16,18,23,27,40H,9,12,15,17,19H2,1-8H3,(H2,39,43)/b22-13-/t23-,27?,36-,37+,38-/m1/s1. The molecule has 8 nitrogen and oxygen atoms in total. The number of ether oxygens (including phenoxy) is 3. The molecule has 3 aliphatic heterocycles. The zero-order valence-electron chi connectivity index (χ0n) is 28.1. The minimum absolute atomic E-state index is 0.0128. The lowest BCUT2D eigenvalue weighted by Crippen LogP contribution is -2.72. The number of Topliss-reactive ketones (excluding diaryl/α,β-unsaturated/α-hetero) is 2. The zero-order chi connectivity index (χ0) is 33.6. The van der Waals surface area contributed by atoms with Crippen molar-refractivity contribution in [3.63, 3.8) is 0 Å². The number of ketones is 2. The molecule has 1 saturated carbocycles. The molecule has 1 saturated heterocycles. The Labute approximate surface area is 271 Å². The van der Waals surface area contributed by atoms with E-state index in [1.807, 2.05) is 52.8 Å². The summed E-state index contributed by atoms with van der Waals surface area (Å²) in [6.07, 6.45) is 13.7. The Hall–Kier alpha value is -3.91. The van der Waals surface area contributed by atoms with Crippen molar-refractivity contribution < 1.29 is 33.7 Å². The summed E-state index contributed by atoms with van der Waals surface area (Å²) in [7, 11) is 0. The van der Waals surface area contributed by atoms with Crippen molar-refractivity contribution in [1.29, 1.82) is 0 Å². The maximum absolute atomic E-state index is 14.7. The van der Waals surface area contributed by atoms with Crippen LogP contribution in [0.15, 0.2) is 52.7 Å². The number of rotatable bonds is 8. The largest absolute Gasteiger partial charge is 0.506 e. The van der Waals surface area contributed by atoms with Gasteiger partial charge in [-0.25, -0.2) is 0 Å². The van der Waals surface area contributed by atoms with Crippen molar-refractivity contribution in [2.24, 2.45) is 17.6 Å². The van der Waals surface area contributed by atoms with Crippen LogP contribution >= 0.6 is 0 Å². The van der Waals surface area contributed by atoms with Gasteiger partial charge in [0.15, 0.2) is 22.8 Å². The molecule has 7 rings (SSSR count). The number of primary amides is 1. The van der Waals surface area contributed by atoms with Gasteiger partial charge in [-0.3, -0.25) is 14.4 Å². The number of benzene rings is 1. The molecular formula is C38H45NO7. The Bertz CT molecular complexity index is 1730. The monoisotopic (exact) mass is 627 g/mol. The van der Waals surface area contributed by atoms with Crippen LogP contribution in [-0.4, -0.2) is 45.0 Å². The van der Waals surface area contributed by atoms with E-state index in [4.69, 9.17) is 19.9 Å². The molecule has 3 heterocycles. The number of phenolic OH excluding ortho intramolecular Hbond substituents is 1. The fourth-order valence-corrected chi connectivity index (χ4v) is 8.19. The summed E-state index contributed by atoms with van der Waals surface area (Å²) in [5.74, 6) is -1.59. The normalized spacial score (nSPS) is 31.2. The molecule has 1 aromatic carbocycles. The summed E-state index contributed by atoms with van der Waals surface area (Å²) in [6, 6.07) is 0. The molecule has 244 valence electrons. The van der Waals surface area contributed by atoms with Gasteiger partial charge in [0.1, 0.15) is 28.4 Å². The summed E-state index contributed by atoms with van der Waals surface area (Å²) in [4.78, 5) is 41.1. The van der Waals surface area contributed by atoms with E-state index in [9.17, 15) is 19.5 Å². The van der Waals surface area contributed by atoms with Crippen LogP contribution in [-0.2, 0) is 20.7 Å². The van der Waals surface area contributed by atoms with Gasteiger partial charge in [0.05, 0.1) is 11.2 Å². The predicted molar refractivity (Wildman–Crippen MR) is 176 cm³/mol. The average Bonchev–Trinajstić information content (AvgIpc) is 3.12. The van der Waals surface area contributed by atoms with Crippen molar-refractivity contribution in [3.8, 4) is 17.2 Å². The summed E-state index contributed by atoms with van der Waals surface area (Å²) in [6.45, 7) is 15.6. The quantitative estimate of drug-likeness (QED) is 0.245. The highest BCUT2D eigenvalue weighted by molar-refractivity contribution is 6.19. The lowest BCUT2D eigenvalue weighted by atomic mass is 9.51. The van der Waals surface area contributed by atoms with Crippen LogP contribution in [0.2, 0.25) is 0 Å². The Balaban J connectivity index is 1.59. The Kier molecular flexibility index (Phi) is 7.36. The van der Waals surface area contributed by atoms with E-state index in [-0.39, 0.29) is 41.0 Å². The van der Waals surface area contributed by atoms with Crippen LogP contribution in [0.5, 0.6) is 17.2 Å². The van der Waals surface area contributed by atoms with Crippen molar-refractivity contribution in [2.75, 3.05) is 0 Å². The van der Waals surface area contributed by atoms with Gasteiger partial charge in [0.2, 0.25) is 5.91 Å². The molecule has 46 heavy (non-hydrogen) atoms. The smallest absolute Gasteiger partial charge is 0.244 e. The number of aromatic hydroxyl groups is 1. The van der Waals surface area contributed by atoms with Crippen LogP contribution in [0.3, 0.4) is 0 Å². The maximum Gasteiger partial charge on any atom is 0.244 e. The molecule has 8 heteroatoms. The molecule has 1 amide bonds. The molecule has 1 unspecified atom stereocenters. The molecular weight excluding hydrogens is 582 g/mol. The minimum atomic E-state index is -1.57. The van der Waals surface area contributed by atoms with Crippen molar-refractivity contribution in [2.45, 2.75) is 110 Å². The molecule has 3 N–H and O–H groups in total. The molecule has 0 radical (unpaired) electrons. The highest BCUT2D eigenvalue weighted by atomic mass is 16.6. The first kappa shape index (κ1) is 32.0. The first-order chi connectivity index (χ1) is 21.5. The number of phenols is 1. The van der Waals surface area contributed by atoms with Crippen LogP contribution in [0, 0.1) is 11.8 Å². The highest BCUT2D eigenvalue weighted by Gasteiger charge is 2.81. The van der Waals surface area contributed by atoms with Gasteiger partial charge >= 0.3 is 0 Å². The molecule has 5 atom stereocenters. The highest BCUT2D eigenvalue weighted by Crippen LogP contribution is 2.68. The van der Waals surface area contributed by atoms with Crippen molar-refractivity contribution in [3.05, 3.63) is 69.4 Å². The van der Waals surface area contributed by atoms with Gasteiger partial charge in [-0.1, -0.05) is 35.5 Å². The fourth-order valence-electron chi connectivity index (χ4n) is 8.19. The molecule has 6 aliphatic rings. The number of carbonyl (C=O) groups excluding carboxylic acids is 3. The number of hydrogen-bond donors (Lipinski definition) is 2. The van der Waals surface area contributed by atoms with Gasteiger partial charge in [0, 0.05) is 35.0 Å². The third-order valence-electron chi connectivity index (χ3n) is 10.5. The van der Waals surface area contributed by atoms with E-state index in [0.29, 0.717) is 47.3 Å². The van der Waals surface area contributed by atoms with E-state index in [2.05, 4.69) is 19.9 Å². The average molecular weight is 628 g/mol. The van der Waals surface area contributed by atoms with Crippen LogP contribution < -0.4 is 15.2 Å². The first-order valence-electron chi connectivity index (χ1n) is 16.2. The summed E-state index contributed by atoms with van der Waals surface area (Å²) in [5.41, 5.74) is 5.08. The third kappa shape index (κ3) is 4.47. The molecule has 4 bridgehead atoms. The lowest BCUT2D eigenvalue weighted by Gasteiger charge is -2.56. The zero-order valence-corrected chi connectivity index (χ0v) is 28.1. The van der Waals surface area contributed by atoms with Crippen molar-refractivity contribution in [1.82, 2.24) is 0 Å². The Morgan fingerprint density at radius 1 is 1.02 bits per heavy atom. The second-order valence-electron chi connectivity index (χ2n) is 14.8. The third-order valence-corrected chi connectivity index (χ3v) is 10.5. The van der Waals surface area contributed by atoms with Gasteiger partial charge in [-0.15, -0.1) is 0 Å². The van der Waals surface area contributed by atoms with E-state index in [0.717, 1.165) is 12.0 Å². The fraction of sp³-hybridized carbons (Fsp3) is 0.500. The Morgan fingerprint density at radius 3 is 2.37 bits per heavy atom. The van der Waals surface area contributed by atoms with E-state index < -0.39 is 34.2 Å². The molecule has 2 fully saturated rings. The second kappa shape index (κ2) is 10.6. The molecule has 1 spiro atoms. The number of allylic oxidation sites excluding steroid dienone is 5. The topological polar surface area (TPSA) is 125 Å². The first-order valence-corrected chi connectivity index (χ1v) is 16.2. The van der Waals surface area contributed by atoms with Crippen LogP contribution in [0.4, 0.5) is 0 Å². The molecule has 1 aromatic rings. The maximum atomic E-state index is 14.7. The van der Waals surface area contributed by atoms with E-state index in [1.165, 1.54) is 5.57 Å². The number of fused-ring (bicyclic) bond motifs is 2. The molecule has 0 aromatic heterocycles. The van der Waals surface area contributed by atoms with E-state index in [1.54, 1.807) is 19.1 Å². The number of carbonyl (C=O) groups is 3. The predicted octanol–water partition coefficient (Wildman–Crippen LogP) is 6.64. The van der Waals surface area contributed by atoms with Crippen molar-refractivity contribution >= 4 is 23.5 Å². The summed E-state index contributed by atoms with van der Waals surface area (Å²) < 4.78 is 20.7. The minimum Gasteiger partial charge on any atom is -0.506 e. The molecule has 3 aliphatic carbocycles. The van der Waals surface area contributed by atoms with Gasteiger partial charge in [-0.05, 0) is 93.2 Å². The van der Waals surface area contributed by atoms with Crippen LogP contribution in [0.1, 0.15) is 103 Å². The van der Waals surface area contributed by atoms with Gasteiger partial charge in [-0.2, -0.15) is 0 Å². The summed E-state index contributed by atoms with van der Waals surface area (Å²) in [5, 5.41) is 11.8. The van der Waals surface area contributed by atoms with Gasteiger partial charge in [0.25, 0.3) is 0 Å². The Morgan fingerprint density at radius 2 is 1.72 bits per heavy atom. The number of amides is 1. The lowest BCUT2D eigenvalue weighted by molar-refractivity contribution is -0.171. The second-order valence-corrected chi connectivity index (χ2v) is 14.8. The number of hydrogen-bond acceptors (Lipinski definition) is 7. The van der Waals surface area contributed by atoms with Gasteiger partial charge < -0.3 is 25.1 Å². The van der Waals surface area contributed by atoms with E-state index >= 15 is 0 Å². The van der Waals surface area contributed by atoms with Crippen LogP contribution in [0.25, 0.3) is 6.08 Å².